The lowest BCUT2D eigenvalue weighted by atomic mass is 10.2. The molecule has 3 rings (SSSR count). The summed E-state index contributed by atoms with van der Waals surface area (Å²) in [5.41, 5.74) is 5.26. The highest BCUT2D eigenvalue weighted by molar-refractivity contribution is 5.89. The largest absolute Gasteiger partial charge is 0.365 e. The number of nitrogens with two attached hydrogens (primary N) is 1. The number of anilines is 1. The molecule has 1 amide bonds. The van der Waals surface area contributed by atoms with Crippen LogP contribution in [0.2, 0.25) is 0 Å². The first-order chi connectivity index (χ1) is 9.98. The maximum Gasteiger partial charge on any atom is 0.287 e. The van der Waals surface area contributed by atoms with Gasteiger partial charge in [-0.1, -0.05) is 0 Å². The highest BCUT2D eigenvalue weighted by Crippen LogP contribution is 2.35. The topological polar surface area (TPSA) is 114 Å². The number of hydrogen-bond donors (Lipinski definition) is 2. The van der Waals surface area contributed by atoms with Crippen molar-refractivity contribution in [3.8, 4) is 0 Å². The molecule has 1 unspecified atom stereocenters. The van der Waals surface area contributed by atoms with Crippen LogP contribution in [-0.4, -0.2) is 45.4 Å². The van der Waals surface area contributed by atoms with Crippen LogP contribution in [0.25, 0.3) is 0 Å². The highest BCUT2D eigenvalue weighted by Gasteiger charge is 2.49. The smallest absolute Gasteiger partial charge is 0.287 e. The van der Waals surface area contributed by atoms with Crippen LogP contribution in [0.15, 0.2) is 18.3 Å². The summed E-state index contributed by atoms with van der Waals surface area (Å²) in [6.45, 7) is 1.28. The fraction of sp³-hybridized carbons (Fsp3) is 0.538. The average Bonchev–Trinajstić information content (AvgIpc) is 3.05. The number of amides is 1. The first-order valence-corrected chi connectivity index (χ1v) is 6.93. The van der Waals surface area contributed by atoms with E-state index >= 15 is 0 Å². The van der Waals surface area contributed by atoms with Gasteiger partial charge in [0.1, 0.15) is 12.0 Å². The highest BCUT2D eigenvalue weighted by atomic mass is 35.5. The second kappa shape index (κ2) is 7.29. The van der Waals surface area contributed by atoms with E-state index in [1.165, 1.54) is 12.3 Å². The maximum absolute atomic E-state index is 12.1. The van der Waals surface area contributed by atoms with Gasteiger partial charge in [0.2, 0.25) is 5.91 Å². The number of rotatable bonds is 4. The number of carbonyl (C=O) groups excluding carboxylic acids is 1. The molecule has 128 valence electrons. The second-order valence-corrected chi connectivity index (χ2v) is 5.70. The monoisotopic (exact) mass is 363 g/mol. The Morgan fingerprint density at radius 1 is 1.43 bits per heavy atom. The molecule has 1 saturated heterocycles. The van der Waals surface area contributed by atoms with E-state index in [1.54, 1.807) is 11.0 Å². The van der Waals surface area contributed by atoms with Crippen molar-refractivity contribution in [2.45, 2.75) is 30.8 Å². The van der Waals surface area contributed by atoms with Crippen molar-refractivity contribution in [1.29, 1.82) is 0 Å². The van der Waals surface area contributed by atoms with Crippen molar-refractivity contribution in [2.24, 2.45) is 5.73 Å². The Balaban J connectivity index is 0.00000132. The Morgan fingerprint density at radius 3 is 2.65 bits per heavy atom. The molecule has 0 spiro atoms. The second-order valence-electron chi connectivity index (χ2n) is 5.70. The Morgan fingerprint density at radius 2 is 2.13 bits per heavy atom. The third-order valence-electron chi connectivity index (χ3n) is 4.00. The van der Waals surface area contributed by atoms with Crippen molar-refractivity contribution < 1.29 is 9.72 Å². The number of hydrogen-bond acceptors (Lipinski definition) is 6. The lowest BCUT2D eigenvalue weighted by Crippen LogP contribution is -2.45. The lowest BCUT2D eigenvalue weighted by Gasteiger charge is -2.20. The molecule has 1 aromatic heterocycles. The van der Waals surface area contributed by atoms with Crippen LogP contribution in [0.1, 0.15) is 19.3 Å². The molecule has 2 aliphatic rings. The molecule has 1 saturated carbocycles. The van der Waals surface area contributed by atoms with Crippen LogP contribution < -0.4 is 11.1 Å². The van der Waals surface area contributed by atoms with Gasteiger partial charge >= 0.3 is 0 Å². The molecule has 2 fully saturated rings. The maximum atomic E-state index is 12.1. The van der Waals surface area contributed by atoms with E-state index in [0.29, 0.717) is 18.9 Å². The Labute approximate surface area is 145 Å². The van der Waals surface area contributed by atoms with Gasteiger partial charge < -0.3 is 16.0 Å². The van der Waals surface area contributed by atoms with Crippen molar-refractivity contribution in [2.75, 3.05) is 18.4 Å². The summed E-state index contributed by atoms with van der Waals surface area (Å²) in [4.78, 5) is 28.0. The molecule has 23 heavy (non-hydrogen) atoms. The van der Waals surface area contributed by atoms with Gasteiger partial charge in [0.15, 0.2) is 0 Å². The SMILES string of the molecule is Cl.Cl.NC1(C(=O)N2CCC(Nc3ccc([N+](=O)[O-])cn3)C2)CC1. The van der Waals surface area contributed by atoms with Crippen LogP contribution >= 0.6 is 24.8 Å². The summed E-state index contributed by atoms with van der Waals surface area (Å²) in [7, 11) is 0. The van der Waals surface area contributed by atoms with E-state index in [1.807, 2.05) is 0 Å². The molecule has 1 atom stereocenters. The first kappa shape index (κ1) is 19.4. The van der Waals surface area contributed by atoms with Crippen LogP contribution in [0.5, 0.6) is 0 Å². The number of nitro groups is 1. The number of aromatic nitrogens is 1. The number of likely N-dealkylation sites (tertiary alicyclic amines) is 1. The summed E-state index contributed by atoms with van der Waals surface area (Å²) in [6.07, 6.45) is 3.58. The fourth-order valence-electron chi connectivity index (χ4n) is 2.51. The van der Waals surface area contributed by atoms with Crippen molar-refractivity contribution in [1.82, 2.24) is 9.88 Å². The Kier molecular flexibility index (Phi) is 6.15. The molecular weight excluding hydrogens is 345 g/mol. The zero-order valence-electron chi connectivity index (χ0n) is 12.3. The minimum absolute atomic E-state index is 0. The van der Waals surface area contributed by atoms with Gasteiger partial charge in [-0.25, -0.2) is 4.98 Å². The minimum Gasteiger partial charge on any atom is -0.365 e. The molecule has 0 aromatic carbocycles. The van der Waals surface area contributed by atoms with Gasteiger partial charge in [0.25, 0.3) is 5.69 Å². The summed E-state index contributed by atoms with van der Waals surface area (Å²) in [5.74, 6) is 0.609. The summed E-state index contributed by atoms with van der Waals surface area (Å²) in [6, 6.07) is 3.09. The zero-order chi connectivity index (χ0) is 15.0. The van der Waals surface area contributed by atoms with Crippen molar-refractivity contribution >= 4 is 42.2 Å². The van der Waals surface area contributed by atoms with Gasteiger partial charge in [-0.2, -0.15) is 0 Å². The van der Waals surface area contributed by atoms with Gasteiger partial charge in [0, 0.05) is 25.2 Å². The molecule has 10 heteroatoms. The first-order valence-electron chi connectivity index (χ1n) is 6.93. The molecule has 1 aliphatic carbocycles. The zero-order valence-corrected chi connectivity index (χ0v) is 13.9. The van der Waals surface area contributed by atoms with Gasteiger partial charge in [-0.05, 0) is 25.3 Å². The molecule has 1 aliphatic heterocycles. The Hall–Kier alpha value is -1.64. The number of carbonyl (C=O) groups is 1. The lowest BCUT2D eigenvalue weighted by molar-refractivity contribution is -0.385. The predicted molar refractivity (Wildman–Crippen MR) is 90.1 cm³/mol. The van der Waals surface area contributed by atoms with Gasteiger partial charge in [0.05, 0.1) is 10.5 Å². The number of nitrogens with one attached hydrogen (secondary N) is 1. The van der Waals surface area contributed by atoms with Gasteiger partial charge in [-0.15, -0.1) is 24.8 Å². The minimum atomic E-state index is -0.625. The van der Waals surface area contributed by atoms with Gasteiger partial charge in [-0.3, -0.25) is 14.9 Å². The third-order valence-corrected chi connectivity index (χ3v) is 4.00. The van der Waals surface area contributed by atoms with E-state index in [2.05, 4.69) is 10.3 Å². The van der Waals surface area contributed by atoms with Crippen molar-refractivity contribution in [3.05, 3.63) is 28.4 Å². The summed E-state index contributed by atoms with van der Waals surface area (Å²) < 4.78 is 0. The Bertz CT molecular complexity index is 579. The number of halogens is 2. The fourth-order valence-corrected chi connectivity index (χ4v) is 2.51. The molecule has 1 aromatic rings. The molecule has 3 N–H and O–H groups in total. The van der Waals surface area contributed by atoms with Crippen LogP contribution in [0, 0.1) is 10.1 Å². The van der Waals surface area contributed by atoms with Crippen LogP contribution in [0.4, 0.5) is 11.5 Å². The van der Waals surface area contributed by atoms with Crippen molar-refractivity contribution in [3.63, 3.8) is 0 Å². The van der Waals surface area contributed by atoms with E-state index in [0.717, 1.165) is 19.3 Å². The van der Waals surface area contributed by atoms with E-state index in [9.17, 15) is 14.9 Å². The average molecular weight is 364 g/mol. The van der Waals surface area contributed by atoms with E-state index < -0.39 is 10.5 Å². The predicted octanol–water partition coefficient (Wildman–Crippen LogP) is 1.34. The van der Waals surface area contributed by atoms with Crippen LogP contribution in [0.3, 0.4) is 0 Å². The molecule has 0 bridgehead atoms. The molecule has 0 radical (unpaired) electrons. The summed E-state index contributed by atoms with van der Waals surface area (Å²) >= 11 is 0. The summed E-state index contributed by atoms with van der Waals surface area (Å²) in [5, 5.41) is 13.8. The molecule has 8 nitrogen and oxygen atoms in total. The van der Waals surface area contributed by atoms with E-state index in [-0.39, 0.29) is 42.5 Å². The molecular formula is C13H19Cl2N5O3. The van der Waals surface area contributed by atoms with E-state index in [4.69, 9.17) is 5.73 Å². The number of nitrogens with zero attached hydrogens (tertiary/aromatic N) is 3. The van der Waals surface area contributed by atoms with Crippen LogP contribution in [-0.2, 0) is 4.79 Å². The standard InChI is InChI=1S/C13H17N5O3.2ClH/c14-13(4-5-13)12(19)17-6-3-9(8-17)16-11-2-1-10(7-15-11)18(20)21;;/h1-2,7,9H,3-6,8,14H2,(H,15,16);2*1H. The molecule has 2 heterocycles. The number of pyridine rings is 1. The third kappa shape index (κ3) is 4.21. The quantitative estimate of drug-likeness (QED) is 0.616. The normalized spacial score (nSPS) is 20.9.